The number of amides is 1. The normalized spacial score (nSPS) is 19.8. The molecular weight excluding hydrogens is 212 g/mol. The van der Waals surface area contributed by atoms with Gasteiger partial charge in [0.1, 0.15) is 0 Å². The van der Waals surface area contributed by atoms with Gasteiger partial charge in [0.2, 0.25) is 0 Å². The van der Waals surface area contributed by atoms with Crippen LogP contribution in [-0.2, 0) is 0 Å². The molecule has 1 fully saturated rings. The van der Waals surface area contributed by atoms with E-state index < -0.39 is 0 Å². The summed E-state index contributed by atoms with van der Waals surface area (Å²) >= 11 is 0. The minimum absolute atomic E-state index is 0.000933. The van der Waals surface area contributed by atoms with Crippen molar-refractivity contribution in [3.8, 4) is 0 Å². The lowest BCUT2D eigenvalue weighted by atomic mass is 10.1. The first-order valence-electron chi connectivity index (χ1n) is 6.18. The van der Waals surface area contributed by atoms with Crippen LogP contribution in [0.5, 0.6) is 0 Å². The van der Waals surface area contributed by atoms with Gasteiger partial charge in [-0.3, -0.25) is 4.79 Å². The average molecular weight is 232 g/mol. The molecule has 1 saturated heterocycles. The Labute approximate surface area is 103 Å². The van der Waals surface area contributed by atoms with Crippen molar-refractivity contribution in [2.45, 2.75) is 25.8 Å². The molecule has 2 rings (SSSR count). The Morgan fingerprint density at radius 1 is 1.29 bits per heavy atom. The summed E-state index contributed by atoms with van der Waals surface area (Å²) in [5.74, 6) is 0.141. The lowest BCUT2D eigenvalue weighted by molar-refractivity contribution is 0.0733. The highest BCUT2D eigenvalue weighted by Crippen LogP contribution is 2.13. The topological polar surface area (TPSA) is 32.3 Å². The van der Waals surface area contributed by atoms with Crippen LogP contribution in [0.25, 0.3) is 0 Å². The van der Waals surface area contributed by atoms with Crippen LogP contribution in [0.4, 0.5) is 0 Å². The molecule has 1 heterocycles. The van der Waals surface area contributed by atoms with Gasteiger partial charge in [0.15, 0.2) is 0 Å². The van der Waals surface area contributed by atoms with Crippen LogP contribution >= 0.6 is 0 Å². The number of hydrogen-bond donors (Lipinski definition) is 1. The molecule has 1 amide bonds. The summed E-state index contributed by atoms with van der Waals surface area (Å²) in [7, 11) is 0. The van der Waals surface area contributed by atoms with Crippen molar-refractivity contribution in [3.05, 3.63) is 35.9 Å². The lowest BCUT2D eigenvalue weighted by Gasteiger charge is -2.30. The Bertz CT molecular complexity index is 386. The average Bonchev–Trinajstić information content (AvgIpc) is 2.50. The molecule has 0 radical (unpaired) electrons. The van der Waals surface area contributed by atoms with Crippen LogP contribution in [0.1, 0.15) is 30.6 Å². The number of rotatable bonds is 1. The third kappa shape index (κ3) is 3.07. The predicted octanol–water partition coefficient (Wildman–Crippen LogP) is 1.90. The zero-order valence-electron chi connectivity index (χ0n) is 10.6. The summed E-state index contributed by atoms with van der Waals surface area (Å²) in [5.41, 5.74) is 0.784. The van der Waals surface area contributed by atoms with E-state index in [0.717, 1.165) is 31.6 Å². The molecule has 1 N–H and O–H groups in total. The van der Waals surface area contributed by atoms with E-state index in [4.69, 9.17) is 0 Å². The monoisotopic (exact) mass is 232 g/mol. The van der Waals surface area contributed by atoms with Gasteiger partial charge in [-0.2, -0.15) is 0 Å². The number of benzene rings is 1. The molecule has 0 unspecified atom stereocenters. The molecule has 1 aliphatic rings. The van der Waals surface area contributed by atoms with E-state index in [1.807, 2.05) is 35.2 Å². The maximum absolute atomic E-state index is 12.3. The van der Waals surface area contributed by atoms with Gasteiger partial charge in [-0.1, -0.05) is 18.2 Å². The Morgan fingerprint density at radius 2 is 2.00 bits per heavy atom. The molecule has 0 aliphatic carbocycles. The van der Waals surface area contributed by atoms with Gasteiger partial charge in [-0.05, 0) is 38.9 Å². The van der Waals surface area contributed by atoms with Crippen molar-refractivity contribution in [1.82, 2.24) is 10.2 Å². The van der Waals surface area contributed by atoms with Crippen molar-refractivity contribution >= 4 is 5.91 Å². The fourth-order valence-corrected chi connectivity index (χ4v) is 2.25. The summed E-state index contributed by atoms with van der Waals surface area (Å²) in [6.45, 7) is 6.86. The second-order valence-electron chi connectivity index (χ2n) is 5.26. The predicted molar refractivity (Wildman–Crippen MR) is 69.0 cm³/mol. The molecule has 0 aromatic heterocycles. The Balaban J connectivity index is 2.13. The van der Waals surface area contributed by atoms with Gasteiger partial charge in [0.25, 0.3) is 5.91 Å². The Morgan fingerprint density at radius 3 is 2.71 bits per heavy atom. The molecule has 3 heteroatoms. The summed E-state index contributed by atoms with van der Waals surface area (Å²) in [5, 5.41) is 3.46. The third-order valence-corrected chi connectivity index (χ3v) is 3.10. The second-order valence-corrected chi connectivity index (χ2v) is 5.26. The van der Waals surface area contributed by atoms with E-state index in [2.05, 4.69) is 19.2 Å². The van der Waals surface area contributed by atoms with Crippen LogP contribution in [0.15, 0.2) is 30.3 Å². The first-order valence-corrected chi connectivity index (χ1v) is 6.18. The largest absolute Gasteiger partial charge is 0.337 e. The van der Waals surface area contributed by atoms with Crippen molar-refractivity contribution < 1.29 is 4.79 Å². The van der Waals surface area contributed by atoms with Crippen LogP contribution < -0.4 is 5.32 Å². The Hall–Kier alpha value is -1.35. The molecule has 0 spiro atoms. The highest BCUT2D eigenvalue weighted by Gasteiger charge is 2.27. The zero-order chi connectivity index (χ0) is 12.3. The maximum atomic E-state index is 12.3. The Kier molecular flexibility index (Phi) is 3.48. The smallest absolute Gasteiger partial charge is 0.253 e. The van der Waals surface area contributed by atoms with Gasteiger partial charge in [-0.25, -0.2) is 0 Å². The van der Waals surface area contributed by atoms with Gasteiger partial charge >= 0.3 is 0 Å². The summed E-state index contributed by atoms with van der Waals surface area (Å²) < 4.78 is 0. The van der Waals surface area contributed by atoms with Crippen molar-refractivity contribution in [1.29, 1.82) is 0 Å². The number of nitrogens with one attached hydrogen (secondary N) is 1. The fraction of sp³-hybridized carbons (Fsp3) is 0.500. The second kappa shape index (κ2) is 4.88. The van der Waals surface area contributed by atoms with Crippen molar-refractivity contribution in [3.63, 3.8) is 0 Å². The zero-order valence-corrected chi connectivity index (χ0v) is 10.6. The molecule has 1 aliphatic heterocycles. The standard InChI is InChI=1S/C14H20N2O/c1-14(2)11-16(10-6-9-15-14)13(17)12-7-4-3-5-8-12/h3-5,7-8,15H,6,9-11H2,1-2H3. The molecule has 0 bridgehead atoms. The minimum atomic E-state index is 0.000933. The lowest BCUT2D eigenvalue weighted by Crippen LogP contribution is -2.47. The van der Waals surface area contributed by atoms with Gasteiger partial charge < -0.3 is 10.2 Å². The number of hydrogen-bond acceptors (Lipinski definition) is 2. The van der Waals surface area contributed by atoms with E-state index in [1.54, 1.807) is 0 Å². The molecule has 0 atom stereocenters. The summed E-state index contributed by atoms with van der Waals surface area (Å²) in [6.07, 6.45) is 1.02. The number of nitrogens with zero attached hydrogens (tertiary/aromatic N) is 1. The highest BCUT2D eigenvalue weighted by molar-refractivity contribution is 5.94. The third-order valence-electron chi connectivity index (χ3n) is 3.10. The number of carbonyl (C=O) groups is 1. The summed E-state index contributed by atoms with van der Waals surface area (Å²) in [4.78, 5) is 14.3. The van der Waals surface area contributed by atoms with Gasteiger partial charge in [0.05, 0.1) is 0 Å². The van der Waals surface area contributed by atoms with Crippen LogP contribution in [0, 0.1) is 0 Å². The molecule has 3 nitrogen and oxygen atoms in total. The van der Waals surface area contributed by atoms with Crippen LogP contribution in [0.3, 0.4) is 0 Å². The van der Waals surface area contributed by atoms with E-state index in [-0.39, 0.29) is 11.4 Å². The van der Waals surface area contributed by atoms with E-state index in [0.29, 0.717) is 0 Å². The first-order chi connectivity index (χ1) is 8.08. The van der Waals surface area contributed by atoms with E-state index in [9.17, 15) is 4.79 Å². The minimum Gasteiger partial charge on any atom is -0.337 e. The first kappa shape index (κ1) is 12.1. The van der Waals surface area contributed by atoms with Crippen LogP contribution in [0.2, 0.25) is 0 Å². The van der Waals surface area contributed by atoms with Gasteiger partial charge in [-0.15, -0.1) is 0 Å². The maximum Gasteiger partial charge on any atom is 0.253 e. The molecule has 1 aromatic rings. The van der Waals surface area contributed by atoms with E-state index in [1.165, 1.54) is 0 Å². The quantitative estimate of drug-likeness (QED) is 0.802. The molecule has 0 saturated carbocycles. The summed E-state index contributed by atoms with van der Waals surface area (Å²) in [6, 6.07) is 9.52. The highest BCUT2D eigenvalue weighted by atomic mass is 16.2. The fourth-order valence-electron chi connectivity index (χ4n) is 2.25. The SMILES string of the molecule is CC1(C)CN(C(=O)c2ccccc2)CCCN1. The molecule has 92 valence electrons. The molecule has 17 heavy (non-hydrogen) atoms. The van der Waals surface area contributed by atoms with Gasteiger partial charge in [0, 0.05) is 24.2 Å². The molecule has 1 aromatic carbocycles. The van der Waals surface area contributed by atoms with Crippen molar-refractivity contribution in [2.24, 2.45) is 0 Å². The van der Waals surface area contributed by atoms with Crippen LogP contribution in [-0.4, -0.2) is 36.0 Å². The molecular formula is C14H20N2O. The van der Waals surface area contributed by atoms with E-state index >= 15 is 0 Å². The number of carbonyl (C=O) groups excluding carboxylic acids is 1. The van der Waals surface area contributed by atoms with Crippen molar-refractivity contribution in [2.75, 3.05) is 19.6 Å².